The molecular weight excluding hydrogens is 503 g/mol. The smallest absolute Gasteiger partial charge is 0.272 e. The molecule has 1 radical (unpaired) electrons. The van der Waals surface area contributed by atoms with Crippen molar-refractivity contribution >= 4 is 42.3 Å². The number of halogens is 1. The molecule has 0 atom stereocenters. The molecule has 1 aliphatic heterocycles. The van der Waals surface area contributed by atoms with Gasteiger partial charge in [-0.15, -0.1) is 0 Å². The van der Waals surface area contributed by atoms with Gasteiger partial charge in [0.25, 0.3) is 5.91 Å². The van der Waals surface area contributed by atoms with Gasteiger partial charge in [0, 0.05) is 25.2 Å². The van der Waals surface area contributed by atoms with E-state index >= 15 is 0 Å². The fourth-order valence-corrected chi connectivity index (χ4v) is 7.63. The van der Waals surface area contributed by atoms with Crippen LogP contribution in [0.2, 0.25) is 13.1 Å². The Kier molecular flexibility index (Phi) is 7.25. The third kappa shape index (κ3) is 5.24. The van der Waals surface area contributed by atoms with Crippen LogP contribution in [0.15, 0.2) is 60.8 Å². The number of hydrogen-bond acceptors (Lipinski definition) is 3. The molecule has 1 N–H and O–H groups in total. The van der Waals surface area contributed by atoms with Crippen molar-refractivity contribution in [2.45, 2.75) is 64.1 Å². The van der Waals surface area contributed by atoms with Crippen LogP contribution in [0.3, 0.4) is 0 Å². The Bertz CT molecular complexity index is 1490. The largest absolute Gasteiger partial charge is 0.356 e. The zero-order valence-corrected chi connectivity index (χ0v) is 23.8. The molecule has 1 saturated heterocycles. The number of carbonyl (C=O) groups excluding carboxylic acids is 1. The molecular formula is C32H36FN4OSi. The molecule has 0 spiro atoms. The highest BCUT2D eigenvalue weighted by atomic mass is 28.3. The summed E-state index contributed by atoms with van der Waals surface area (Å²) >= 11 is 0. The standard InChI is InChI=1S/C32H36FN4OSi/c1-39(2)31-27-19-24(23-9-4-3-5-10-23)12-14-28(27)37(21-22-8-6-11-25(33)18-22)30(31)32(38)35-26-13-15-29(34-20-26)36-16-7-17-36/h6,8,11-15,18-20,23H,3-5,7,9-10,16-17,21H2,1-2H3,(H,35,38). The fraction of sp³-hybridized carbons (Fsp3) is 0.375. The summed E-state index contributed by atoms with van der Waals surface area (Å²) < 4.78 is 16.2. The number of nitrogens with one attached hydrogen (secondary N) is 1. The van der Waals surface area contributed by atoms with Gasteiger partial charge in [-0.25, -0.2) is 9.37 Å². The van der Waals surface area contributed by atoms with Crippen LogP contribution in [-0.2, 0) is 6.54 Å². The van der Waals surface area contributed by atoms with Crippen molar-refractivity contribution in [1.29, 1.82) is 0 Å². The zero-order valence-electron chi connectivity index (χ0n) is 22.8. The molecule has 0 unspecified atom stereocenters. The van der Waals surface area contributed by atoms with Crippen molar-refractivity contribution < 1.29 is 9.18 Å². The van der Waals surface area contributed by atoms with E-state index in [2.05, 4.69) is 51.1 Å². The summed E-state index contributed by atoms with van der Waals surface area (Å²) in [4.78, 5) is 20.8. The minimum Gasteiger partial charge on any atom is -0.356 e. The number of aromatic nitrogens is 2. The van der Waals surface area contributed by atoms with Gasteiger partial charge in [-0.05, 0) is 83.3 Å². The molecule has 2 aliphatic rings. The average molecular weight is 540 g/mol. The first-order valence-corrected chi connectivity index (χ1v) is 16.7. The maximum absolute atomic E-state index is 14.1. The van der Waals surface area contributed by atoms with Crippen LogP contribution in [0, 0.1) is 5.82 Å². The quantitative estimate of drug-likeness (QED) is 0.266. The summed E-state index contributed by atoms with van der Waals surface area (Å²) in [5.41, 5.74) is 4.62. The van der Waals surface area contributed by atoms with E-state index in [9.17, 15) is 9.18 Å². The molecule has 2 fully saturated rings. The van der Waals surface area contributed by atoms with Gasteiger partial charge in [-0.1, -0.05) is 50.6 Å². The van der Waals surface area contributed by atoms with E-state index in [-0.39, 0.29) is 11.7 Å². The molecule has 4 aromatic rings. The van der Waals surface area contributed by atoms with Gasteiger partial charge >= 0.3 is 0 Å². The molecule has 3 heterocycles. The van der Waals surface area contributed by atoms with E-state index in [0.717, 1.165) is 35.2 Å². The predicted octanol–water partition coefficient (Wildman–Crippen LogP) is 6.70. The van der Waals surface area contributed by atoms with E-state index in [1.165, 1.54) is 55.5 Å². The van der Waals surface area contributed by atoms with Crippen LogP contribution in [-0.4, -0.2) is 37.3 Å². The second kappa shape index (κ2) is 11.0. The van der Waals surface area contributed by atoms with E-state index < -0.39 is 8.80 Å². The Hall–Kier alpha value is -3.45. The van der Waals surface area contributed by atoms with E-state index in [4.69, 9.17) is 0 Å². The summed E-state index contributed by atoms with van der Waals surface area (Å²) in [6, 6.07) is 17.4. The second-order valence-corrected chi connectivity index (χ2v) is 13.8. The second-order valence-electron chi connectivity index (χ2n) is 11.3. The number of benzene rings is 2. The first kappa shape index (κ1) is 25.8. The van der Waals surface area contributed by atoms with Gasteiger partial charge in [0.15, 0.2) is 0 Å². The summed E-state index contributed by atoms with van der Waals surface area (Å²) in [6.07, 6.45) is 9.29. The van der Waals surface area contributed by atoms with E-state index in [0.29, 0.717) is 23.8 Å². The fourth-order valence-electron chi connectivity index (χ4n) is 6.17. The first-order chi connectivity index (χ1) is 19.0. The number of nitrogens with zero attached hydrogens (tertiary/aromatic N) is 3. The normalized spacial score (nSPS) is 16.1. The van der Waals surface area contributed by atoms with Gasteiger partial charge in [0.05, 0.1) is 20.7 Å². The number of amides is 1. The molecule has 201 valence electrons. The van der Waals surface area contributed by atoms with Crippen LogP contribution < -0.4 is 15.4 Å². The molecule has 7 heteroatoms. The van der Waals surface area contributed by atoms with Crippen molar-refractivity contribution in [3.05, 3.63) is 83.4 Å². The van der Waals surface area contributed by atoms with Crippen LogP contribution in [0.1, 0.15) is 66.1 Å². The summed E-state index contributed by atoms with van der Waals surface area (Å²) in [5, 5.41) is 5.45. The van der Waals surface area contributed by atoms with Gasteiger partial charge in [0.1, 0.15) is 17.3 Å². The van der Waals surface area contributed by atoms with Gasteiger partial charge in [0.2, 0.25) is 0 Å². The van der Waals surface area contributed by atoms with Crippen molar-refractivity contribution in [1.82, 2.24) is 9.55 Å². The summed E-state index contributed by atoms with van der Waals surface area (Å²) in [7, 11) is -1.02. The SMILES string of the molecule is C[Si](C)c1c(C(=O)Nc2ccc(N3CCC3)nc2)n(Cc2cccc(F)c2)c2ccc(C3CCCCC3)cc12. The average Bonchev–Trinajstić information content (AvgIpc) is 3.23. The van der Waals surface area contributed by atoms with Crippen LogP contribution >= 0.6 is 0 Å². The third-order valence-corrected chi connectivity index (χ3v) is 9.80. The highest BCUT2D eigenvalue weighted by Crippen LogP contribution is 2.35. The molecule has 1 amide bonds. The third-order valence-electron chi connectivity index (χ3n) is 8.29. The number of carbonyl (C=O) groups is 1. The van der Waals surface area contributed by atoms with Crippen molar-refractivity contribution in [2.24, 2.45) is 0 Å². The van der Waals surface area contributed by atoms with Crippen molar-refractivity contribution in [3.8, 4) is 0 Å². The molecule has 0 bridgehead atoms. The summed E-state index contributed by atoms with van der Waals surface area (Å²) in [6.45, 7) is 6.99. The first-order valence-electron chi connectivity index (χ1n) is 14.2. The maximum atomic E-state index is 14.1. The number of hydrogen-bond donors (Lipinski definition) is 1. The lowest BCUT2D eigenvalue weighted by Crippen LogP contribution is -2.37. The van der Waals surface area contributed by atoms with Gasteiger partial charge in [-0.3, -0.25) is 4.79 Å². The highest BCUT2D eigenvalue weighted by molar-refractivity contribution is 6.74. The monoisotopic (exact) mass is 539 g/mol. The molecule has 2 aromatic heterocycles. The minimum atomic E-state index is -1.02. The van der Waals surface area contributed by atoms with Gasteiger partial charge < -0.3 is 14.8 Å². The predicted molar refractivity (Wildman–Crippen MR) is 159 cm³/mol. The Morgan fingerprint density at radius 1 is 1.03 bits per heavy atom. The van der Waals surface area contributed by atoms with Crippen LogP contribution in [0.25, 0.3) is 10.9 Å². The van der Waals surface area contributed by atoms with Gasteiger partial charge in [-0.2, -0.15) is 0 Å². The van der Waals surface area contributed by atoms with E-state index in [1.807, 2.05) is 18.2 Å². The lowest BCUT2D eigenvalue weighted by molar-refractivity contribution is 0.102. The zero-order chi connectivity index (χ0) is 26.9. The Morgan fingerprint density at radius 3 is 2.51 bits per heavy atom. The van der Waals surface area contributed by atoms with Crippen molar-refractivity contribution in [3.63, 3.8) is 0 Å². The lowest BCUT2D eigenvalue weighted by atomic mass is 9.84. The lowest BCUT2D eigenvalue weighted by Gasteiger charge is -2.31. The minimum absolute atomic E-state index is 0.137. The highest BCUT2D eigenvalue weighted by Gasteiger charge is 2.27. The topological polar surface area (TPSA) is 50.2 Å². The molecule has 1 saturated carbocycles. The number of anilines is 2. The molecule has 1 aliphatic carbocycles. The number of pyridine rings is 1. The van der Waals surface area contributed by atoms with Crippen LogP contribution in [0.5, 0.6) is 0 Å². The summed E-state index contributed by atoms with van der Waals surface area (Å²) in [5.74, 6) is 1.13. The molecule has 2 aromatic carbocycles. The van der Waals surface area contributed by atoms with Crippen molar-refractivity contribution in [2.75, 3.05) is 23.3 Å². The molecule has 6 rings (SSSR count). The maximum Gasteiger partial charge on any atom is 0.272 e. The molecule has 5 nitrogen and oxygen atoms in total. The molecule has 39 heavy (non-hydrogen) atoms. The van der Waals surface area contributed by atoms with Crippen LogP contribution in [0.4, 0.5) is 15.9 Å². The number of fused-ring (bicyclic) bond motifs is 1. The Morgan fingerprint density at radius 2 is 1.85 bits per heavy atom. The Balaban J connectivity index is 1.43. The van der Waals surface area contributed by atoms with E-state index in [1.54, 1.807) is 18.3 Å². The Labute approximate surface area is 231 Å². The number of rotatable bonds is 7.